The Labute approximate surface area is 271 Å². The molecule has 0 unspecified atom stereocenters. The second-order valence-corrected chi connectivity index (χ2v) is 14.4. The lowest BCUT2D eigenvalue weighted by Gasteiger charge is -2.64. The summed E-state index contributed by atoms with van der Waals surface area (Å²) < 4.78 is 50.5. The number of phenols is 1. The maximum Gasteiger partial charge on any atom is 0.319 e. The van der Waals surface area contributed by atoms with Crippen molar-refractivity contribution in [2.24, 2.45) is 11.3 Å². The molecule has 5 aliphatic rings. The maximum absolute atomic E-state index is 16.9. The fourth-order valence-corrected chi connectivity index (χ4v) is 9.39. The third kappa shape index (κ3) is 4.25. The van der Waals surface area contributed by atoms with E-state index in [4.69, 9.17) is 19.2 Å². The number of ether oxygens (including phenoxy) is 3. The number of hydrogen-bond acceptors (Lipinski definition) is 9. The lowest BCUT2D eigenvalue weighted by Crippen LogP contribution is -2.74. The molecule has 6 heterocycles. The van der Waals surface area contributed by atoms with Gasteiger partial charge in [0.05, 0.1) is 29.6 Å². The van der Waals surface area contributed by atoms with Crippen LogP contribution in [0.5, 0.6) is 11.8 Å². The molecular formula is C36H39F2N5O4. The molecule has 5 fully saturated rings. The second kappa shape index (κ2) is 10.4. The van der Waals surface area contributed by atoms with Crippen molar-refractivity contribution in [3.63, 3.8) is 0 Å². The molecular weight excluding hydrogens is 604 g/mol. The summed E-state index contributed by atoms with van der Waals surface area (Å²) in [5, 5.41) is 12.2. The zero-order chi connectivity index (χ0) is 32.1. The Balaban J connectivity index is 1.15. The number of anilines is 1. The van der Waals surface area contributed by atoms with Crippen LogP contribution in [-0.4, -0.2) is 82.3 Å². The maximum atomic E-state index is 16.9. The van der Waals surface area contributed by atoms with Crippen molar-refractivity contribution in [3.05, 3.63) is 47.7 Å². The van der Waals surface area contributed by atoms with Crippen LogP contribution in [0.3, 0.4) is 0 Å². The first kappa shape index (κ1) is 29.5. The van der Waals surface area contributed by atoms with Gasteiger partial charge in [-0.2, -0.15) is 9.97 Å². The van der Waals surface area contributed by atoms with Crippen LogP contribution in [-0.2, 0) is 15.9 Å². The molecule has 11 heteroatoms. The third-order valence-electron chi connectivity index (χ3n) is 11.7. The third-order valence-corrected chi connectivity index (χ3v) is 11.7. The highest BCUT2D eigenvalue weighted by molar-refractivity contribution is 6.01. The number of nitrogens with zero attached hydrogens (tertiary/aromatic N) is 5. The van der Waals surface area contributed by atoms with Crippen LogP contribution < -0.4 is 9.64 Å². The molecule has 1 N–H and O–H groups in total. The van der Waals surface area contributed by atoms with Crippen molar-refractivity contribution < 1.29 is 28.1 Å². The highest BCUT2D eigenvalue weighted by Crippen LogP contribution is 2.60. The van der Waals surface area contributed by atoms with Crippen LogP contribution in [0.4, 0.5) is 14.6 Å². The smallest absolute Gasteiger partial charge is 0.319 e. The number of fused-ring (bicyclic) bond motifs is 4. The zero-order valence-corrected chi connectivity index (χ0v) is 26.8. The van der Waals surface area contributed by atoms with Crippen molar-refractivity contribution in [3.8, 4) is 23.0 Å². The number of pyridine rings is 1. The largest absolute Gasteiger partial charge is 0.508 e. The molecule has 2 atom stereocenters. The number of benzene rings is 2. The molecule has 2 aromatic carbocycles. The minimum Gasteiger partial charge on any atom is -0.508 e. The van der Waals surface area contributed by atoms with Crippen LogP contribution in [0, 0.1) is 23.0 Å². The summed E-state index contributed by atoms with van der Waals surface area (Å²) in [6, 6.07) is 6.11. The van der Waals surface area contributed by atoms with Crippen molar-refractivity contribution in [2.75, 3.05) is 50.9 Å². The monoisotopic (exact) mass is 643 g/mol. The molecule has 9 nitrogen and oxygen atoms in total. The summed E-state index contributed by atoms with van der Waals surface area (Å²) in [7, 11) is 0. The van der Waals surface area contributed by atoms with Gasteiger partial charge in [0.15, 0.2) is 11.6 Å². The molecule has 1 saturated carbocycles. The quantitative estimate of drug-likeness (QED) is 0.272. The van der Waals surface area contributed by atoms with Gasteiger partial charge in [0, 0.05) is 37.8 Å². The molecule has 2 aromatic heterocycles. The number of phenolic OH excluding ortho intramolecular Hbond substituents is 1. The van der Waals surface area contributed by atoms with E-state index >= 15 is 8.78 Å². The minimum atomic E-state index is -0.665. The van der Waals surface area contributed by atoms with Crippen molar-refractivity contribution in [1.29, 1.82) is 0 Å². The molecule has 0 radical (unpaired) electrons. The standard InChI is InChI=1S/C36H39F2N5O4/c1-3-24-27(37)6-5-22-13-23(44)14-25(28(22)24)30-29(38)31-26(16-39-30)32(42-18-34(19-42)8-9-36(34)46-11-12-47-36)41-33(40-31)45-20-35-7-4-10-43(35)17-21(2)15-35/h5-6,13-14,16,21,44H,3-4,7-12,15,17-20H2,1-2H3/t21-,35+/m1/s1. The first-order chi connectivity index (χ1) is 22.7. The molecule has 246 valence electrons. The van der Waals surface area contributed by atoms with Gasteiger partial charge < -0.3 is 24.2 Å². The van der Waals surface area contributed by atoms with Gasteiger partial charge in [-0.15, -0.1) is 0 Å². The Kier molecular flexibility index (Phi) is 6.53. The minimum absolute atomic E-state index is 0.00902. The summed E-state index contributed by atoms with van der Waals surface area (Å²) in [6.45, 7) is 9.19. The van der Waals surface area contributed by atoms with Crippen molar-refractivity contribution in [2.45, 2.75) is 63.7 Å². The van der Waals surface area contributed by atoms with Gasteiger partial charge >= 0.3 is 6.01 Å². The Morgan fingerprint density at radius 1 is 1.09 bits per heavy atom. The van der Waals surface area contributed by atoms with Crippen LogP contribution >= 0.6 is 0 Å². The molecule has 47 heavy (non-hydrogen) atoms. The van der Waals surface area contributed by atoms with Gasteiger partial charge in [0.1, 0.15) is 35.2 Å². The van der Waals surface area contributed by atoms with Gasteiger partial charge in [-0.05, 0) is 79.1 Å². The molecule has 4 aromatic rings. The van der Waals surface area contributed by atoms with Gasteiger partial charge in [-0.3, -0.25) is 9.88 Å². The number of halogens is 2. The van der Waals surface area contributed by atoms with E-state index in [1.165, 1.54) is 12.1 Å². The van der Waals surface area contributed by atoms with Gasteiger partial charge in [0.25, 0.3) is 0 Å². The van der Waals surface area contributed by atoms with E-state index in [-0.39, 0.29) is 39.7 Å². The first-order valence-corrected chi connectivity index (χ1v) is 17.0. The van der Waals surface area contributed by atoms with Crippen LogP contribution in [0.2, 0.25) is 0 Å². The van der Waals surface area contributed by atoms with E-state index in [0.29, 0.717) is 78.4 Å². The zero-order valence-electron chi connectivity index (χ0n) is 26.8. The topological polar surface area (TPSA) is 93.1 Å². The molecule has 2 spiro atoms. The molecule has 4 saturated heterocycles. The SMILES string of the molecule is CCc1c(F)ccc2cc(O)cc(-c3ncc4c(N5CC6(CCC67OCCO7)C5)nc(OC[C@@]56CCCN5C[C@H](C)C6)nc4c3F)c12. The summed E-state index contributed by atoms with van der Waals surface area (Å²) in [5.74, 6) is -0.504. The summed E-state index contributed by atoms with van der Waals surface area (Å²) >= 11 is 0. The van der Waals surface area contributed by atoms with Gasteiger partial charge in [0.2, 0.25) is 0 Å². The molecule has 4 aliphatic heterocycles. The highest BCUT2D eigenvalue weighted by Gasteiger charge is 2.68. The predicted octanol–water partition coefficient (Wildman–Crippen LogP) is 5.99. The summed E-state index contributed by atoms with van der Waals surface area (Å²) in [4.78, 5) is 18.8. The Morgan fingerprint density at radius 3 is 2.68 bits per heavy atom. The normalized spacial score (nSPS) is 26.0. The number of rotatable bonds is 6. The summed E-state index contributed by atoms with van der Waals surface area (Å²) in [5.41, 5.74) is 0.641. The van der Waals surface area contributed by atoms with Crippen molar-refractivity contribution >= 4 is 27.5 Å². The van der Waals surface area contributed by atoms with E-state index in [0.717, 1.165) is 45.2 Å². The fraction of sp³-hybridized carbons (Fsp3) is 0.528. The van der Waals surface area contributed by atoms with E-state index in [9.17, 15) is 5.11 Å². The Bertz CT molecular complexity index is 1930. The predicted molar refractivity (Wildman–Crippen MR) is 173 cm³/mol. The number of aromatic nitrogens is 3. The number of aryl methyl sites for hydroxylation is 1. The van der Waals surface area contributed by atoms with Gasteiger partial charge in [-0.25, -0.2) is 8.78 Å². The summed E-state index contributed by atoms with van der Waals surface area (Å²) in [6.07, 6.45) is 7.07. The lowest BCUT2D eigenvalue weighted by molar-refractivity contribution is -0.305. The number of hydrogen-bond donors (Lipinski definition) is 1. The second-order valence-electron chi connectivity index (χ2n) is 14.4. The molecule has 0 bridgehead atoms. The molecule has 9 rings (SSSR count). The Morgan fingerprint density at radius 2 is 1.91 bits per heavy atom. The van der Waals surface area contributed by atoms with Crippen LogP contribution in [0.15, 0.2) is 30.5 Å². The average molecular weight is 644 g/mol. The first-order valence-electron chi connectivity index (χ1n) is 17.0. The van der Waals surface area contributed by atoms with E-state index in [1.54, 1.807) is 18.3 Å². The van der Waals surface area contributed by atoms with Gasteiger partial charge in [-0.1, -0.05) is 19.9 Å². The number of aromatic hydroxyl groups is 1. The van der Waals surface area contributed by atoms with Crippen LogP contribution in [0.1, 0.15) is 51.5 Å². The van der Waals surface area contributed by atoms with E-state index in [2.05, 4.69) is 26.7 Å². The molecule has 1 aliphatic carbocycles. The Hall–Kier alpha value is -3.67. The van der Waals surface area contributed by atoms with E-state index < -0.39 is 11.6 Å². The average Bonchev–Trinajstić information content (AvgIpc) is 3.75. The highest BCUT2D eigenvalue weighted by atomic mass is 19.1. The molecule has 0 amide bonds. The lowest BCUT2D eigenvalue weighted by atomic mass is 9.58. The van der Waals surface area contributed by atoms with Crippen molar-refractivity contribution in [1.82, 2.24) is 19.9 Å². The van der Waals surface area contributed by atoms with Crippen LogP contribution in [0.25, 0.3) is 32.9 Å². The van der Waals surface area contributed by atoms with E-state index in [1.807, 2.05) is 6.92 Å². The fourth-order valence-electron chi connectivity index (χ4n) is 9.39.